The quantitative estimate of drug-likeness (QED) is 0.905. The van der Waals surface area contributed by atoms with E-state index in [0.29, 0.717) is 19.3 Å². The maximum absolute atomic E-state index is 5.62. The van der Waals surface area contributed by atoms with Crippen LogP contribution in [-0.4, -0.2) is 44.3 Å². The minimum absolute atomic E-state index is 0. The molecule has 0 saturated carbocycles. The third-order valence-corrected chi connectivity index (χ3v) is 4.25. The lowest BCUT2D eigenvalue weighted by Gasteiger charge is -2.36. The van der Waals surface area contributed by atoms with Gasteiger partial charge < -0.3 is 14.8 Å². The fourth-order valence-electron chi connectivity index (χ4n) is 2.21. The molecule has 0 atom stereocenters. The molecule has 1 N–H and O–H groups in total. The zero-order chi connectivity index (χ0) is 12.5. The summed E-state index contributed by atoms with van der Waals surface area (Å²) in [6.45, 7) is 4.35. The smallest absolute Gasteiger partial charge is 0.162 e. The molecule has 106 valence electrons. The standard InChI is InChI=1S/C13H17BrN2O2.ClH/c1-16(10-6-15-7-10)8-9-4-12-13(5-11(9)14)18-3-2-17-12;/h4-5,10,15H,2-3,6-8H2,1H3;1H. The first-order valence-electron chi connectivity index (χ1n) is 6.23. The van der Waals surface area contributed by atoms with Gasteiger partial charge in [-0.1, -0.05) is 15.9 Å². The Hall–Kier alpha value is -0.490. The Kier molecular flexibility index (Phi) is 4.95. The lowest BCUT2D eigenvalue weighted by Crippen LogP contribution is -2.55. The number of ether oxygens (including phenoxy) is 2. The van der Waals surface area contributed by atoms with Crippen LogP contribution >= 0.6 is 28.3 Å². The van der Waals surface area contributed by atoms with Gasteiger partial charge in [0, 0.05) is 30.1 Å². The van der Waals surface area contributed by atoms with E-state index >= 15 is 0 Å². The van der Waals surface area contributed by atoms with Gasteiger partial charge in [0.05, 0.1) is 0 Å². The summed E-state index contributed by atoms with van der Waals surface area (Å²) < 4.78 is 12.3. The summed E-state index contributed by atoms with van der Waals surface area (Å²) in [5, 5.41) is 3.29. The summed E-state index contributed by atoms with van der Waals surface area (Å²) in [5.41, 5.74) is 1.24. The molecule has 0 aliphatic carbocycles. The van der Waals surface area contributed by atoms with Crippen molar-refractivity contribution in [2.75, 3.05) is 33.4 Å². The molecule has 6 heteroatoms. The molecule has 4 nitrogen and oxygen atoms in total. The van der Waals surface area contributed by atoms with Crippen LogP contribution in [0.3, 0.4) is 0 Å². The number of halogens is 2. The van der Waals surface area contributed by atoms with Crippen LogP contribution in [0, 0.1) is 0 Å². The van der Waals surface area contributed by atoms with Gasteiger partial charge in [-0.2, -0.15) is 0 Å². The molecule has 0 amide bonds. The molecule has 1 aromatic rings. The highest BCUT2D eigenvalue weighted by molar-refractivity contribution is 9.10. The molecule has 0 unspecified atom stereocenters. The topological polar surface area (TPSA) is 33.7 Å². The number of nitrogens with one attached hydrogen (secondary N) is 1. The van der Waals surface area contributed by atoms with Gasteiger partial charge >= 0.3 is 0 Å². The van der Waals surface area contributed by atoms with E-state index in [1.165, 1.54) is 5.56 Å². The second kappa shape index (κ2) is 6.31. The van der Waals surface area contributed by atoms with E-state index in [1.807, 2.05) is 6.07 Å². The minimum atomic E-state index is 0. The first-order valence-corrected chi connectivity index (χ1v) is 7.02. The Morgan fingerprint density at radius 3 is 2.47 bits per heavy atom. The number of nitrogens with zero attached hydrogens (tertiary/aromatic N) is 1. The molecule has 2 aliphatic rings. The Balaban J connectivity index is 0.00000133. The van der Waals surface area contributed by atoms with Crippen molar-refractivity contribution in [1.29, 1.82) is 0 Å². The van der Waals surface area contributed by atoms with Gasteiger partial charge in [-0.15, -0.1) is 12.4 Å². The third-order valence-electron chi connectivity index (χ3n) is 3.51. The SMILES string of the molecule is CN(Cc1cc2c(cc1Br)OCCO2)C1CNC1.Cl. The van der Waals surface area contributed by atoms with E-state index in [0.717, 1.165) is 35.6 Å². The Bertz CT molecular complexity index is 455. The number of benzene rings is 1. The Labute approximate surface area is 128 Å². The minimum Gasteiger partial charge on any atom is -0.486 e. The summed E-state index contributed by atoms with van der Waals surface area (Å²) >= 11 is 3.62. The molecule has 0 bridgehead atoms. The van der Waals surface area contributed by atoms with Crippen molar-refractivity contribution in [3.05, 3.63) is 22.2 Å². The molecule has 2 heterocycles. The van der Waals surface area contributed by atoms with Crippen molar-refractivity contribution in [3.63, 3.8) is 0 Å². The Morgan fingerprint density at radius 1 is 1.26 bits per heavy atom. The van der Waals surface area contributed by atoms with Gasteiger partial charge in [-0.05, 0) is 24.7 Å². The fourth-order valence-corrected chi connectivity index (χ4v) is 2.66. The molecule has 0 spiro atoms. The second-order valence-electron chi connectivity index (χ2n) is 4.81. The maximum Gasteiger partial charge on any atom is 0.162 e. The van der Waals surface area contributed by atoms with E-state index in [1.54, 1.807) is 0 Å². The largest absolute Gasteiger partial charge is 0.486 e. The number of hydrogen-bond acceptors (Lipinski definition) is 4. The molecule has 19 heavy (non-hydrogen) atoms. The van der Waals surface area contributed by atoms with Gasteiger partial charge in [0.15, 0.2) is 11.5 Å². The molecular formula is C13H18BrClN2O2. The average molecular weight is 350 g/mol. The van der Waals surface area contributed by atoms with E-state index in [9.17, 15) is 0 Å². The summed E-state index contributed by atoms with van der Waals surface area (Å²) in [7, 11) is 2.16. The van der Waals surface area contributed by atoms with Gasteiger partial charge in [-0.25, -0.2) is 0 Å². The molecule has 1 fully saturated rings. The lowest BCUT2D eigenvalue weighted by atomic mass is 10.1. The van der Waals surface area contributed by atoms with Crippen LogP contribution in [0.2, 0.25) is 0 Å². The van der Waals surface area contributed by atoms with E-state index < -0.39 is 0 Å². The molecule has 1 saturated heterocycles. The first kappa shape index (κ1) is 14.9. The molecule has 0 aromatic heterocycles. The van der Waals surface area contributed by atoms with Crippen LogP contribution in [0.4, 0.5) is 0 Å². The highest BCUT2D eigenvalue weighted by Crippen LogP contribution is 2.36. The number of rotatable bonds is 3. The highest BCUT2D eigenvalue weighted by atomic mass is 79.9. The van der Waals surface area contributed by atoms with Crippen molar-refractivity contribution in [3.8, 4) is 11.5 Å². The molecule has 1 aromatic carbocycles. The van der Waals surface area contributed by atoms with Gasteiger partial charge in [0.2, 0.25) is 0 Å². The Morgan fingerprint density at radius 2 is 1.89 bits per heavy atom. The highest BCUT2D eigenvalue weighted by Gasteiger charge is 2.23. The van der Waals surface area contributed by atoms with Gasteiger partial charge in [0.25, 0.3) is 0 Å². The number of fused-ring (bicyclic) bond motifs is 1. The fraction of sp³-hybridized carbons (Fsp3) is 0.538. The zero-order valence-corrected chi connectivity index (χ0v) is 13.2. The summed E-state index contributed by atoms with van der Waals surface area (Å²) in [5.74, 6) is 1.70. The van der Waals surface area contributed by atoms with Crippen molar-refractivity contribution >= 4 is 28.3 Å². The zero-order valence-electron chi connectivity index (χ0n) is 10.8. The van der Waals surface area contributed by atoms with E-state index in [-0.39, 0.29) is 12.4 Å². The summed E-state index contributed by atoms with van der Waals surface area (Å²) in [6, 6.07) is 4.74. The van der Waals surface area contributed by atoms with Gasteiger partial charge in [-0.3, -0.25) is 4.90 Å². The first-order chi connectivity index (χ1) is 8.74. The van der Waals surface area contributed by atoms with Crippen LogP contribution in [-0.2, 0) is 6.54 Å². The predicted octanol–water partition coefficient (Wildman–Crippen LogP) is 2.05. The summed E-state index contributed by atoms with van der Waals surface area (Å²) in [6.07, 6.45) is 0. The normalized spacial score (nSPS) is 17.8. The van der Waals surface area contributed by atoms with Crippen LogP contribution in [0.25, 0.3) is 0 Å². The molecular weight excluding hydrogens is 332 g/mol. The third kappa shape index (κ3) is 3.16. The number of likely N-dealkylation sites (N-methyl/N-ethyl adjacent to an activating group) is 1. The predicted molar refractivity (Wildman–Crippen MR) is 80.5 cm³/mol. The van der Waals surface area contributed by atoms with Crippen LogP contribution in [0.5, 0.6) is 11.5 Å². The monoisotopic (exact) mass is 348 g/mol. The maximum atomic E-state index is 5.62. The molecule has 3 rings (SSSR count). The van der Waals surface area contributed by atoms with Crippen molar-refractivity contribution < 1.29 is 9.47 Å². The van der Waals surface area contributed by atoms with E-state index in [2.05, 4.69) is 39.3 Å². The van der Waals surface area contributed by atoms with Crippen molar-refractivity contribution in [1.82, 2.24) is 10.2 Å². The van der Waals surface area contributed by atoms with Gasteiger partial charge in [0.1, 0.15) is 13.2 Å². The second-order valence-corrected chi connectivity index (χ2v) is 5.67. The number of hydrogen-bond donors (Lipinski definition) is 1. The lowest BCUT2D eigenvalue weighted by molar-refractivity contribution is 0.166. The van der Waals surface area contributed by atoms with Crippen LogP contribution in [0.15, 0.2) is 16.6 Å². The van der Waals surface area contributed by atoms with E-state index in [4.69, 9.17) is 9.47 Å². The molecule has 2 aliphatic heterocycles. The van der Waals surface area contributed by atoms with Crippen LogP contribution in [0.1, 0.15) is 5.56 Å². The molecule has 0 radical (unpaired) electrons. The van der Waals surface area contributed by atoms with Crippen LogP contribution < -0.4 is 14.8 Å². The van der Waals surface area contributed by atoms with Crippen molar-refractivity contribution in [2.45, 2.75) is 12.6 Å². The summed E-state index contributed by atoms with van der Waals surface area (Å²) in [4.78, 5) is 2.37. The average Bonchev–Trinajstić information content (AvgIpc) is 2.27. The van der Waals surface area contributed by atoms with Crippen molar-refractivity contribution in [2.24, 2.45) is 0 Å².